The number of benzene rings is 2. The lowest BCUT2D eigenvalue weighted by Gasteiger charge is -2.32. The molecule has 0 radical (unpaired) electrons. The predicted octanol–water partition coefficient (Wildman–Crippen LogP) is 4.56. The highest BCUT2D eigenvalue weighted by Crippen LogP contribution is 2.35. The highest BCUT2D eigenvalue weighted by atomic mass is 16.5. The number of Topliss-reactive ketones (excluding diaryl/α,β-unsaturated/α-hetero) is 1. The van der Waals surface area contributed by atoms with Gasteiger partial charge in [0, 0.05) is 29.1 Å². The molecule has 164 valence electrons. The second-order valence-electron chi connectivity index (χ2n) is 9.02. The highest BCUT2D eigenvalue weighted by molar-refractivity contribution is 6.07. The highest BCUT2D eigenvalue weighted by Gasteiger charge is 2.35. The number of carbonyl (C=O) groups excluding carboxylic acids is 2. The molecule has 0 atom stereocenters. The van der Waals surface area contributed by atoms with E-state index in [-0.39, 0.29) is 16.8 Å². The third-order valence-corrected chi connectivity index (χ3v) is 5.77. The molecular weight excluding hydrogens is 404 g/mol. The molecule has 4 rings (SSSR count). The van der Waals surface area contributed by atoms with Crippen LogP contribution in [0.4, 0.5) is 5.69 Å². The van der Waals surface area contributed by atoms with Crippen molar-refractivity contribution in [3.63, 3.8) is 0 Å². The molecule has 0 aliphatic heterocycles. The number of pyridine rings is 1. The number of nitrogens with zero attached hydrogens (tertiary/aromatic N) is 1. The molecular formula is C26H26N2O4. The molecule has 1 amide bonds. The standard InChI is InChI=1S/C26H26N2O4/c1-16-5-7-17(8-6-16)27-24(30)21-13-20-22(14-26(2,3)15-23(20)29)28(25(21)31)18-9-11-19(32-4)12-10-18/h5-13H,14-15H2,1-4H3,(H,27,30). The van der Waals surface area contributed by atoms with Crippen molar-refractivity contribution in [2.75, 3.05) is 12.4 Å². The fraction of sp³-hybridized carbons (Fsp3) is 0.269. The molecule has 6 heteroatoms. The summed E-state index contributed by atoms with van der Waals surface area (Å²) >= 11 is 0. The summed E-state index contributed by atoms with van der Waals surface area (Å²) in [6, 6.07) is 15.8. The summed E-state index contributed by atoms with van der Waals surface area (Å²) in [5.74, 6) is 0.0461. The van der Waals surface area contributed by atoms with Gasteiger partial charge in [-0.1, -0.05) is 31.5 Å². The van der Waals surface area contributed by atoms with Gasteiger partial charge in [-0.3, -0.25) is 19.0 Å². The number of nitrogens with one attached hydrogen (secondary N) is 1. The number of aromatic nitrogens is 1. The van der Waals surface area contributed by atoms with Crippen LogP contribution in [0.15, 0.2) is 59.4 Å². The van der Waals surface area contributed by atoms with Gasteiger partial charge in [-0.05, 0) is 61.2 Å². The first kappa shape index (κ1) is 21.6. The van der Waals surface area contributed by atoms with Gasteiger partial charge in [0.1, 0.15) is 11.3 Å². The van der Waals surface area contributed by atoms with E-state index in [9.17, 15) is 14.4 Å². The molecule has 3 aromatic rings. The fourth-order valence-electron chi connectivity index (χ4n) is 4.12. The smallest absolute Gasteiger partial charge is 0.268 e. The minimum absolute atomic E-state index is 0.0619. The van der Waals surface area contributed by atoms with E-state index in [1.54, 1.807) is 43.5 Å². The molecule has 0 saturated heterocycles. The Balaban J connectivity index is 1.87. The zero-order valence-corrected chi connectivity index (χ0v) is 18.7. The summed E-state index contributed by atoms with van der Waals surface area (Å²) in [5, 5.41) is 2.78. The number of anilines is 1. The van der Waals surface area contributed by atoms with E-state index in [1.807, 2.05) is 32.9 Å². The van der Waals surface area contributed by atoms with Crippen molar-refractivity contribution in [3.8, 4) is 11.4 Å². The number of ether oxygens (including phenoxy) is 1. The number of rotatable bonds is 4. The van der Waals surface area contributed by atoms with Crippen LogP contribution in [0.5, 0.6) is 5.75 Å². The largest absolute Gasteiger partial charge is 0.497 e. The van der Waals surface area contributed by atoms with Gasteiger partial charge in [-0.2, -0.15) is 0 Å². The lowest BCUT2D eigenvalue weighted by molar-refractivity contribution is 0.0909. The Morgan fingerprint density at radius 3 is 2.28 bits per heavy atom. The van der Waals surface area contributed by atoms with E-state index in [4.69, 9.17) is 4.74 Å². The molecule has 0 unspecified atom stereocenters. The van der Waals surface area contributed by atoms with Gasteiger partial charge in [0.15, 0.2) is 5.78 Å². The number of aryl methyl sites for hydroxylation is 1. The molecule has 1 N–H and O–H groups in total. The van der Waals surface area contributed by atoms with Crippen molar-refractivity contribution in [2.24, 2.45) is 5.41 Å². The van der Waals surface area contributed by atoms with Gasteiger partial charge in [-0.25, -0.2) is 0 Å². The third-order valence-electron chi connectivity index (χ3n) is 5.77. The quantitative estimate of drug-likeness (QED) is 0.658. The van der Waals surface area contributed by atoms with Crippen LogP contribution in [-0.2, 0) is 6.42 Å². The van der Waals surface area contributed by atoms with Crippen molar-refractivity contribution in [3.05, 3.63) is 87.3 Å². The fourth-order valence-corrected chi connectivity index (χ4v) is 4.12. The van der Waals surface area contributed by atoms with E-state index in [1.165, 1.54) is 10.6 Å². The maximum atomic E-state index is 13.6. The Hall–Kier alpha value is -3.67. The van der Waals surface area contributed by atoms with Crippen LogP contribution in [0.1, 0.15) is 52.2 Å². The number of methoxy groups -OCH3 is 1. The van der Waals surface area contributed by atoms with Gasteiger partial charge >= 0.3 is 0 Å². The van der Waals surface area contributed by atoms with Crippen LogP contribution in [0, 0.1) is 12.3 Å². The molecule has 0 spiro atoms. The molecule has 1 heterocycles. The monoisotopic (exact) mass is 430 g/mol. The average Bonchev–Trinajstić information content (AvgIpc) is 2.74. The SMILES string of the molecule is COc1ccc(-n2c3c(cc(C(=O)Nc4ccc(C)cc4)c2=O)C(=O)CC(C)(C)C3)cc1. The molecule has 6 nitrogen and oxygen atoms in total. The maximum absolute atomic E-state index is 13.6. The minimum Gasteiger partial charge on any atom is -0.497 e. The lowest BCUT2D eigenvalue weighted by atomic mass is 9.75. The van der Waals surface area contributed by atoms with E-state index in [0.717, 1.165) is 5.56 Å². The summed E-state index contributed by atoms with van der Waals surface area (Å²) < 4.78 is 6.73. The Morgan fingerprint density at radius 2 is 1.66 bits per heavy atom. The topological polar surface area (TPSA) is 77.4 Å². The van der Waals surface area contributed by atoms with Crippen LogP contribution >= 0.6 is 0 Å². The molecule has 1 aliphatic carbocycles. The summed E-state index contributed by atoms with van der Waals surface area (Å²) in [7, 11) is 1.57. The van der Waals surface area contributed by atoms with Crippen LogP contribution in [0.3, 0.4) is 0 Å². The first-order chi connectivity index (χ1) is 15.2. The first-order valence-electron chi connectivity index (χ1n) is 10.5. The second kappa shape index (κ2) is 8.11. The number of carbonyl (C=O) groups is 2. The van der Waals surface area contributed by atoms with Crippen LogP contribution < -0.4 is 15.6 Å². The Morgan fingerprint density at radius 1 is 1.00 bits per heavy atom. The van der Waals surface area contributed by atoms with Crippen molar-refractivity contribution >= 4 is 17.4 Å². The lowest BCUT2D eigenvalue weighted by Crippen LogP contribution is -2.37. The van der Waals surface area contributed by atoms with Crippen molar-refractivity contribution < 1.29 is 14.3 Å². The Kier molecular flexibility index (Phi) is 5.46. The number of amides is 1. The minimum atomic E-state index is -0.540. The van der Waals surface area contributed by atoms with E-state index >= 15 is 0 Å². The Labute approximate surface area is 186 Å². The molecule has 1 aromatic heterocycles. The number of ketones is 1. The molecule has 1 aliphatic rings. The van der Waals surface area contributed by atoms with E-state index in [0.29, 0.717) is 41.2 Å². The van der Waals surface area contributed by atoms with E-state index < -0.39 is 11.5 Å². The molecule has 0 saturated carbocycles. The average molecular weight is 431 g/mol. The van der Waals surface area contributed by atoms with Gasteiger partial charge < -0.3 is 10.1 Å². The molecule has 0 bridgehead atoms. The van der Waals surface area contributed by atoms with Gasteiger partial charge in [0.2, 0.25) is 0 Å². The summed E-state index contributed by atoms with van der Waals surface area (Å²) in [6.45, 7) is 5.97. The Bertz CT molecular complexity index is 1250. The van der Waals surface area contributed by atoms with E-state index in [2.05, 4.69) is 5.32 Å². The third kappa shape index (κ3) is 4.08. The van der Waals surface area contributed by atoms with Crippen molar-refractivity contribution in [1.82, 2.24) is 4.57 Å². The molecule has 32 heavy (non-hydrogen) atoms. The van der Waals surface area contributed by atoms with Crippen LogP contribution in [-0.4, -0.2) is 23.4 Å². The number of fused-ring (bicyclic) bond motifs is 1. The first-order valence-corrected chi connectivity index (χ1v) is 10.5. The molecule has 0 fully saturated rings. The summed E-state index contributed by atoms with van der Waals surface area (Å²) in [4.78, 5) is 39.6. The summed E-state index contributed by atoms with van der Waals surface area (Å²) in [6.07, 6.45) is 0.912. The van der Waals surface area contributed by atoms with Crippen LogP contribution in [0.25, 0.3) is 5.69 Å². The summed E-state index contributed by atoms with van der Waals surface area (Å²) in [5.41, 5.74) is 2.49. The van der Waals surface area contributed by atoms with Gasteiger partial charge in [0.25, 0.3) is 11.5 Å². The van der Waals surface area contributed by atoms with Crippen molar-refractivity contribution in [1.29, 1.82) is 0 Å². The zero-order valence-electron chi connectivity index (χ0n) is 18.7. The predicted molar refractivity (Wildman–Crippen MR) is 124 cm³/mol. The molecule has 2 aromatic carbocycles. The van der Waals surface area contributed by atoms with Gasteiger partial charge in [0.05, 0.1) is 7.11 Å². The van der Waals surface area contributed by atoms with Crippen LogP contribution in [0.2, 0.25) is 0 Å². The number of hydrogen-bond acceptors (Lipinski definition) is 4. The second-order valence-corrected chi connectivity index (χ2v) is 9.02. The zero-order chi connectivity index (χ0) is 23.0. The number of hydrogen-bond donors (Lipinski definition) is 1. The van der Waals surface area contributed by atoms with Crippen molar-refractivity contribution in [2.45, 2.75) is 33.6 Å². The van der Waals surface area contributed by atoms with Gasteiger partial charge in [-0.15, -0.1) is 0 Å². The normalized spacial score (nSPS) is 14.6. The maximum Gasteiger partial charge on any atom is 0.268 e.